The van der Waals surface area contributed by atoms with Crippen molar-refractivity contribution in [1.82, 2.24) is 19.7 Å². The van der Waals surface area contributed by atoms with E-state index in [2.05, 4.69) is 15.1 Å². The van der Waals surface area contributed by atoms with Crippen LogP contribution in [0.25, 0.3) is 11.4 Å². The maximum Gasteiger partial charge on any atom is 0.254 e. The Hall–Kier alpha value is -1.91. The molecule has 0 atom stereocenters. The van der Waals surface area contributed by atoms with Crippen molar-refractivity contribution in [2.24, 2.45) is 7.05 Å². The lowest BCUT2D eigenvalue weighted by Gasteiger charge is -2.09. The minimum Gasteiger partial charge on any atom is -0.306 e. The summed E-state index contributed by atoms with van der Waals surface area (Å²) in [6, 6.07) is 0. The quantitative estimate of drug-likeness (QED) is 0.880. The van der Waals surface area contributed by atoms with Crippen molar-refractivity contribution in [2.75, 3.05) is 0 Å². The maximum atomic E-state index is 12.1. The van der Waals surface area contributed by atoms with Gasteiger partial charge in [0.2, 0.25) is 0 Å². The lowest BCUT2D eigenvalue weighted by Crippen LogP contribution is -2.18. The van der Waals surface area contributed by atoms with Gasteiger partial charge in [0.1, 0.15) is 5.82 Å². The molecule has 0 unspecified atom stereocenters. The minimum absolute atomic E-state index is 0.0595. The highest BCUT2D eigenvalue weighted by atomic mass is 16.1. The van der Waals surface area contributed by atoms with Crippen LogP contribution in [0.1, 0.15) is 36.7 Å². The lowest BCUT2D eigenvalue weighted by atomic mass is 10.0. The highest BCUT2D eigenvalue weighted by Crippen LogP contribution is 2.19. The molecular formula is C13H18N4O. The SMILES string of the molecule is Cc1nn(C)cc1-c1nc(C)c(C(C)C)c(=O)[nH]1. The molecule has 2 heterocycles. The molecule has 2 rings (SSSR count). The van der Waals surface area contributed by atoms with Crippen molar-refractivity contribution in [3.8, 4) is 11.4 Å². The van der Waals surface area contributed by atoms with Gasteiger partial charge in [-0.3, -0.25) is 9.48 Å². The number of hydrogen-bond acceptors (Lipinski definition) is 3. The molecule has 0 fully saturated rings. The van der Waals surface area contributed by atoms with Crippen LogP contribution in [0.4, 0.5) is 0 Å². The second kappa shape index (κ2) is 4.40. The Morgan fingerprint density at radius 3 is 2.39 bits per heavy atom. The summed E-state index contributed by atoms with van der Waals surface area (Å²) in [5.74, 6) is 0.762. The molecule has 0 bridgehead atoms. The van der Waals surface area contributed by atoms with Gasteiger partial charge in [-0.05, 0) is 19.8 Å². The second-order valence-corrected chi connectivity index (χ2v) is 4.87. The van der Waals surface area contributed by atoms with Gasteiger partial charge < -0.3 is 4.98 Å². The molecule has 0 aliphatic carbocycles. The van der Waals surface area contributed by atoms with E-state index in [1.807, 2.05) is 40.9 Å². The average Bonchev–Trinajstić information content (AvgIpc) is 2.56. The number of aromatic amines is 1. The van der Waals surface area contributed by atoms with E-state index in [1.165, 1.54) is 0 Å². The van der Waals surface area contributed by atoms with E-state index in [0.717, 1.165) is 22.5 Å². The number of nitrogens with one attached hydrogen (secondary N) is 1. The average molecular weight is 246 g/mol. The van der Waals surface area contributed by atoms with Gasteiger partial charge in [0.05, 0.1) is 11.3 Å². The number of rotatable bonds is 2. The number of H-pyrrole nitrogens is 1. The first kappa shape index (κ1) is 12.5. The van der Waals surface area contributed by atoms with E-state index in [1.54, 1.807) is 4.68 Å². The van der Waals surface area contributed by atoms with Crippen LogP contribution in [-0.4, -0.2) is 19.7 Å². The molecule has 0 saturated heterocycles. The summed E-state index contributed by atoms with van der Waals surface area (Å²) in [7, 11) is 1.85. The predicted molar refractivity (Wildman–Crippen MR) is 70.6 cm³/mol. The zero-order valence-electron chi connectivity index (χ0n) is 11.4. The number of aromatic nitrogens is 4. The standard InChI is InChI=1S/C13H18N4O/c1-7(2)11-9(4)14-12(15-13(11)18)10-6-17(5)16-8(10)3/h6-7H,1-5H3,(H,14,15,18). The molecule has 0 aromatic carbocycles. The van der Waals surface area contributed by atoms with Crippen molar-refractivity contribution in [1.29, 1.82) is 0 Å². The fraction of sp³-hybridized carbons (Fsp3) is 0.462. The summed E-state index contributed by atoms with van der Waals surface area (Å²) in [6.07, 6.45) is 1.86. The van der Waals surface area contributed by atoms with Gasteiger partial charge in [0, 0.05) is 24.5 Å². The number of nitrogens with zero attached hydrogens (tertiary/aromatic N) is 3. The Balaban J connectivity index is 2.62. The molecule has 2 aromatic rings. The Morgan fingerprint density at radius 2 is 1.94 bits per heavy atom. The third kappa shape index (κ3) is 2.08. The van der Waals surface area contributed by atoms with Gasteiger partial charge in [0.15, 0.2) is 0 Å². The van der Waals surface area contributed by atoms with Crippen LogP contribution in [0.15, 0.2) is 11.0 Å². The van der Waals surface area contributed by atoms with E-state index in [-0.39, 0.29) is 11.5 Å². The van der Waals surface area contributed by atoms with Crippen LogP contribution >= 0.6 is 0 Å². The summed E-state index contributed by atoms with van der Waals surface area (Å²) in [5, 5.41) is 4.26. The van der Waals surface area contributed by atoms with E-state index in [9.17, 15) is 4.79 Å². The van der Waals surface area contributed by atoms with Gasteiger partial charge in [-0.15, -0.1) is 0 Å². The summed E-state index contributed by atoms with van der Waals surface area (Å²) in [4.78, 5) is 19.4. The van der Waals surface area contributed by atoms with Crippen molar-refractivity contribution in [3.05, 3.63) is 33.5 Å². The van der Waals surface area contributed by atoms with Crippen LogP contribution in [0.3, 0.4) is 0 Å². The summed E-state index contributed by atoms with van der Waals surface area (Å²) in [5.41, 5.74) is 3.20. The fourth-order valence-corrected chi connectivity index (χ4v) is 2.23. The molecule has 0 amide bonds. The van der Waals surface area contributed by atoms with Crippen LogP contribution < -0.4 is 5.56 Å². The van der Waals surface area contributed by atoms with Crippen molar-refractivity contribution < 1.29 is 0 Å². The highest BCUT2D eigenvalue weighted by molar-refractivity contribution is 5.57. The Kier molecular flexibility index (Phi) is 3.07. The van der Waals surface area contributed by atoms with E-state index >= 15 is 0 Å². The summed E-state index contributed by atoms with van der Waals surface area (Å²) >= 11 is 0. The molecule has 1 N–H and O–H groups in total. The Bertz CT molecular complexity index is 637. The molecular weight excluding hydrogens is 228 g/mol. The van der Waals surface area contributed by atoms with Crippen molar-refractivity contribution in [2.45, 2.75) is 33.6 Å². The summed E-state index contributed by atoms with van der Waals surface area (Å²) in [6.45, 7) is 7.77. The van der Waals surface area contributed by atoms with E-state index in [4.69, 9.17) is 0 Å². The lowest BCUT2D eigenvalue weighted by molar-refractivity contribution is 0.756. The molecule has 0 aliphatic heterocycles. The van der Waals surface area contributed by atoms with E-state index < -0.39 is 0 Å². The first-order valence-electron chi connectivity index (χ1n) is 6.01. The van der Waals surface area contributed by atoms with Crippen LogP contribution in [0.2, 0.25) is 0 Å². The van der Waals surface area contributed by atoms with Crippen molar-refractivity contribution in [3.63, 3.8) is 0 Å². The normalized spacial score (nSPS) is 11.2. The zero-order chi connectivity index (χ0) is 13.4. The van der Waals surface area contributed by atoms with E-state index in [0.29, 0.717) is 5.82 Å². The largest absolute Gasteiger partial charge is 0.306 e. The van der Waals surface area contributed by atoms with Gasteiger partial charge in [0.25, 0.3) is 5.56 Å². The van der Waals surface area contributed by atoms with Crippen molar-refractivity contribution >= 4 is 0 Å². The molecule has 0 radical (unpaired) electrons. The molecule has 0 aliphatic rings. The molecule has 0 saturated carbocycles. The third-order valence-electron chi connectivity index (χ3n) is 2.99. The highest BCUT2D eigenvalue weighted by Gasteiger charge is 2.14. The van der Waals surface area contributed by atoms with Gasteiger partial charge in [-0.2, -0.15) is 5.10 Å². The van der Waals surface area contributed by atoms with Crippen LogP contribution in [0, 0.1) is 13.8 Å². The van der Waals surface area contributed by atoms with Crippen LogP contribution in [0.5, 0.6) is 0 Å². The first-order valence-corrected chi connectivity index (χ1v) is 6.01. The Labute approximate surface area is 106 Å². The monoisotopic (exact) mass is 246 g/mol. The zero-order valence-corrected chi connectivity index (χ0v) is 11.4. The van der Waals surface area contributed by atoms with Gasteiger partial charge in [-0.25, -0.2) is 4.98 Å². The molecule has 5 heteroatoms. The Morgan fingerprint density at radius 1 is 1.28 bits per heavy atom. The molecule has 96 valence electrons. The molecule has 0 spiro atoms. The first-order chi connectivity index (χ1) is 8.40. The van der Waals surface area contributed by atoms with Gasteiger partial charge in [-0.1, -0.05) is 13.8 Å². The van der Waals surface area contributed by atoms with Gasteiger partial charge >= 0.3 is 0 Å². The second-order valence-electron chi connectivity index (χ2n) is 4.87. The number of aryl methyl sites for hydroxylation is 3. The maximum absolute atomic E-state index is 12.1. The predicted octanol–water partition coefficient (Wildman–Crippen LogP) is 1.91. The fourth-order valence-electron chi connectivity index (χ4n) is 2.23. The molecule has 18 heavy (non-hydrogen) atoms. The van der Waals surface area contributed by atoms with Crippen LogP contribution in [-0.2, 0) is 7.05 Å². The minimum atomic E-state index is -0.0595. The smallest absolute Gasteiger partial charge is 0.254 e. The molecule has 5 nitrogen and oxygen atoms in total. The topological polar surface area (TPSA) is 63.6 Å². The number of hydrogen-bond donors (Lipinski definition) is 1. The molecule has 2 aromatic heterocycles. The summed E-state index contributed by atoms with van der Waals surface area (Å²) < 4.78 is 1.72. The third-order valence-corrected chi connectivity index (χ3v) is 2.99.